The van der Waals surface area contributed by atoms with Crippen molar-refractivity contribution in [1.29, 1.82) is 0 Å². The molecule has 2 N–H and O–H groups in total. The van der Waals surface area contributed by atoms with Crippen LogP contribution in [0.5, 0.6) is 5.75 Å². The average Bonchev–Trinajstić information content (AvgIpc) is 2.29. The summed E-state index contributed by atoms with van der Waals surface area (Å²) >= 11 is 0. The van der Waals surface area contributed by atoms with Gasteiger partial charge in [0.2, 0.25) is 0 Å². The van der Waals surface area contributed by atoms with Crippen LogP contribution in [0.15, 0.2) is 18.2 Å². The Morgan fingerprint density at radius 3 is 2.22 bits per heavy atom. The molecule has 0 heterocycles. The maximum atomic E-state index is 13.1. The largest absolute Gasteiger partial charge is 0.490 e. The van der Waals surface area contributed by atoms with Crippen LogP contribution < -0.4 is 10.5 Å². The molecular weight excluding hydrogens is 236 g/mol. The van der Waals surface area contributed by atoms with Crippen LogP contribution in [0.2, 0.25) is 0 Å². The first-order valence-electron chi connectivity index (χ1n) is 6.40. The molecule has 18 heavy (non-hydrogen) atoms. The summed E-state index contributed by atoms with van der Waals surface area (Å²) in [4.78, 5) is 0. The minimum Gasteiger partial charge on any atom is -0.490 e. The second kappa shape index (κ2) is 4.84. The summed E-state index contributed by atoms with van der Waals surface area (Å²) in [5.41, 5.74) is 5.99. The lowest BCUT2D eigenvalue weighted by molar-refractivity contribution is -0.0724. The fourth-order valence-corrected chi connectivity index (χ4v) is 2.93. The molecule has 0 radical (unpaired) electrons. The second-order valence-electron chi connectivity index (χ2n) is 4.99. The molecule has 2 rings (SSSR count). The molecule has 2 nitrogen and oxygen atoms in total. The number of hydrogen-bond acceptors (Lipinski definition) is 2. The van der Waals surface area contributed by atoms with Gasteiger partial charge in [-0.2, -0.15) is 0 Å². The van der Waals surface area contributed by atoms with Crippen LogP contribution in [0.25, 0.3) is 0 Å². The zero-order valence-electron chi connectivity index (χ0n) is 10.7. The van der Waals surface area contributed by atoms with E-state index >= 15 is 0 Å². The SMILES string of the molecule is CCC1(CC)C(N)CC1Oc1cc(F)cc(F)c1. The van der Waals surface area contributed by atoms with Crippen molar-refractivity contribution < 1.29 is 13.5 Å². The number of nitrogens with two attached hydrogens (primary N) is 1. The fourth-order valence-electron chi connectivity index (χ4n) is 2.93. The standard InChI is InChI=1S/C14H19F2NO/c1-3-14(4-2)12(17)8-13(14)18-11-6-9(15)5-10(16)7-11/h5-7,12-13H,3-4,8,17H2,1-2H3. The second-order valence-corrected chi connectivity index (χ2v) is 4.99. The molecule has 0 bridgehead atoms. The van der Waals surface area contributed by atoms with Crippen molar-refractivity contribution in [2.24, 2.45) is 11.1 Å². The number of hydrogen-bond donors (Lipinski definition) is 1. The lowest BCUT2D eigenvalue weighted by atomic mass is 9.59. The minimum absolute atomic E-state index is 0.0521. The summed E-state index contributed by atoms with van der Waals surface area (Å²) in [5, 5.41) is 0. The van der Waals surface area contributed by atoms with Gasteiger partial charge in [-0.1, -0.05) is 13.8 Å². The van der Waals surface area contributed by atoms with Gasteiger partial charge >= 0.3 is 0 Å². The first-order valence-corrected chi connectivity index (χ1v) is 6.40. The van der Waals surface area contributed by atoms with Crippen LogP contribution in [0, 0.1) is 17.0 Å². The monoisotopic (exact) mass is 255 g/mol. The Bertz CT molecular complexity index is 412. The molecule has 1 fully saturated rings. The van der Waals surface area contributed by atoms with Crippen LogP contribution in [0.4, 0.5) is 8.78 Å². The van der Waals surface area contributed by atoms with Gasteiger partial charge < -0.3 is 10.5 Å². The Labute approximate surface area is 106 Å². The Morgan fingerprint density at radius 2 is 1.78 bits per heavy atom. The molecule has 1 aliphatic carbocycles. The van der Waals surface area contributed by atoms with E-state index in [-0.39, 0.29) is 23.3 Å². The molecule has 1 aliphatic rings. The van der Waals surface area contributed by atoms with E-state index < -0.39 is 11.6 Å². The van der Waals surface area contributed by atoms with Crippen LogP contribution in [-0.4, -0.2) is 12.1 Å². The van der Waals surface area contributed by atoms with Crippen LogP contribution in [0.1, 0.15) is 33.1 Å². The molecule has 2 atom stereocenters. The van der Waals surface area contributed by atoms with Crippen LogP contribution in [0.3, 0.4) is 0 Å². The zero-order valence-corrected chi connectivity index (χ0v) is 10.7. The van der Waals surface area contributed by atoms with E-state index in [1.54, 1.807) is 0 Å². The fraction of sp³-hybridized carbons (Fsp3) is 0.571. The van der Waals surface area contributed by atoms with Crippen molar-refractivity contribution in [1.82, 2.24) is 0 Å². The lowest BCUT2D eigenvalue weighted by Crippen LogP contribution is -2.62. The highest BCUT2D eigenvalue weighted by atomic mass is 19.1. The van der Waals surface area contributed by atoms with Gasteiger partial charge in [-0.05, 0) is 12.8 Å². The Balaban J connectivity index is 2.15. The quantitative estimate of drug-likeness (QED) is 0.896. The number of halogens is 2. The molecule has 1 aromatic rings. The molecule has 4 heteroatoms. The van der Waals surface area contributed by atoms with E-state index in [9.17, 15) is 8.78 Å². The van der Waals surface area contributed by atoms with E-state index in [1.165, 1.54) is 12.1 Å². The first-order chi connectivity index (χ1) is 8.51. The predicted octanol–water partition coefficient (Wildman–Crippen LogP) is 3.25. The summed E-state index contributed by atoms with van der Waals surface area (Å²) in [5.74, 6) is -0.991. The number of rotatable bonds is 4. The van der Waals surface area contributed by atoms with Gasteiger partial charge in [-0.3, -0.25) is 0 Å². The van der Waals surface area contributed by atoms with Gasteiger partial charge in [0.05, 0.1) is 0 Å². The van der Waals surface area contributed by atoms with Gasteiger partial charge in [0.15, 0.2) is 0 Å². The summed E-state index contributed by atoms with van der Waals surface area (Å²) < 4.78 is 31.9. The Hall–Kier alpha value is -1.16. The minimum atomic E-state index is -0.618. The molecule has 2 unspecified atom stereocenters. The summed E-state index contributed by atoms with van der Waals surface area (Å²) in [7, 11) is 0. The molecule has 0 saturated heterocycles. The maximum absolute atomic E-state index is 13.1. The Kier molecular flexibility index (Phi) is 3.57. The van der Waals surface area contributed by atoms with E-state index in [0.717, 1.165) is 25.3 Å². The van der Waals surface area contributed by atoms with Gasteiger partial charge in [0.1, 0.15) is 23.5 Å². The van der Waals surface area contributed by atoms with Crippen molar-refractivity contribution in [2.45, 2.75) is 45.3 Å². The zero-order chi connectivity index (χ0) is 13.3. The van der Waals surface area contributed by atoms with E-state index in [0.29, 0.717) is 0 Å². The van der Waals surface area contributed by atoms with Crippen LogP contribution >= 0.6 is 0 Å². The third kappa shape index (κ3) is 2.09. The highest BCUT2D eigenvalue weighted by Gasteiger charge is 2.52. The predicted molar refractivity (Wildman–Crippen MR) is 66.4 cm³/mol. The molecule has 0 amide bonds. The van der Waals surface area contributed by atoms with Gasteiger partial charge in [0, 0.05) is 36.1 Å². The maximum Gasteiger partial charge on any atom is 0.129 e. The van der Waals surface area contributed by atoms with Crippen molar-refractivity contribution in [3.8, 4) is 5.75 Å². The normalized spacial score (nSPS) is 25.6. The van der Waals surface area contributed by atoms with Crippen molar-refractivity contribution in [3.63, 3.8) is 0 Å². The molecule has 100 valence electrons. The topological polar surface area (TPSA) is 35.2 Å². The van der Waals surface area contributed by atoms with Gasteiger partial charge in [0.25, 0.3) is 0 Å². The van der Waals surface area contributed by atoms with Crippen LogP contribution in [-0.2, 0) is 0 Å². The lowest BCUT2D eigenvalue weighted by Gasteiger charge is -2.53. The summed E-state index contributed by atoms with van der Waals surface area (Å²) in [6, 6.07) is 3.37. The molecule has 0 aliphatic heterocycles. The van der Waals surface area contributed by atoms with E-state index in [2.05, 4.69) is 13.8 Å². The van der Waals surface area contributed by atoms with Crippen molar-refractivity contribution in [2.75, 3.05) is 0 Å². The molecule has 0 aromatic heterocycles. The molecular formula is C14H19F2NO. The number of ether oxygens (including phenoxy) is 1. The van der Waals surface area contributed by atoms with E-state index in [4.69, 9.17) is 10.5 Å². The average molecular weight is 255 g/mol. The van der Waals surface area contributed by atoms with E-state index in [1.807, 2.05) is 0 Å². The highest BCUT2D eigenvalue weighted by molar-refractivity contribution is 5.25. The Morgan fingerprint density at radius 1 is 1.22 bits per heavy atom. The highest BCUT2D eigenvalue weighted by Crippen LogP contribution is 2.47. The first kappa shape index (κ1) is 13.3. The molecule has 1 saturated carbocycles. The third-order valence-electron chi connectivity index (χ3n) is 4.28. The van der Waals surface area contributed by atoms with Crippen molar-refractivity contribution in [3.05, 3.63) is 29.8 Å². The van der Waals surface area contributed by atoms with Gasteiger partial charge in [-0.15, -0.1) is 0 Å². The molecule has 1 aromatic carbocycles. The molecule has 0 spiro atoms. The third-order valence-corrected chi connectivity index (χ3v) is 4.28. The summed E-state index contributed by atoms with van der Waals surface area (Å²) in [6.07, 6.45) is 2.50. The summed E-state index contributed by atoms with van der Waals surface area (Å²) in [6.45, 7) is 4.15. The van der Waals surface area contributed by atoms with Crippen molar-refractivity contribution >= 4 is 0 Å². The van der Waals surface area contributed by atoms with Gasteiger partial charge in [-0.25, -0.2) is 8.78 Å². The smallest absolute Gasteiger partial charge is 0.129 e. The number of benzene rings is 1.